The van der Waals surface area contributed by atoms with Crippen LogP contribution in [0.5, 0.6) is 0 Å². The van der Waals surface area contributed by atoms with Crippen molar-refractivity contribution in [2.45, 2.75) is 12.2 Å². The number of carboxylic acid groups (broad SMARTS) is 2. The summed E-state index contributed by atoms with van der Waals surface area (Å²) < 4.78 is 0. The second-order valence-corrected chi connectivity index (χ2v) is 1.57. The normalized spacial score (nSPS) is 13.2. The van der Waals surface area contributed by atoms with E-state index < -0.39 is 24.1 Å². The second kappa shape index (κ2) is 8.17. The molecule has 66 valence electrons. The zero-order valence-corrected chi connectivity index (χ0v) is 4.76. The Bertz CT molecular complexity index is 144. The molecule has 0 amide bonds. The molecule has 2 atom stereocenters. The topological polar surface area (TPSA) is 115 Å². The van der Waals surface area contributed by atoms with E-state index >= 15 is 0 Å². The summed E-state index contributed by atoms with van der Waals surface area (Å²) in [6.07, 6.45) is -4.53. The maximum atomic E-state index is 9.77. The molecule has 0 aromatic carbocycles. The van der Waals surface area contributed by atoms with E-state index in [2.05, 4.69) is 0 Å². The Hall–Kier alpha value is 0.561. The molecule has 0 aliphatic rings. The van der Waals surface area contributed by atoms with Gasteiger partial charge in [-0.3, -0.25) is 0 Å². The molecule has 0 aromatic heterocycles. The average Bonchev–Trinajstić information content (AvgIpc) is 1.84. The zero-order chi connectivity index (χ0) is 8.31. The molecule has 0 spiro atoms. The number of aliphatic hydroxyl groups excluding tert-OH is 2. The molecule has 0 heterocycles. The van der Waals surface area contributed by atoms with Crippen molar-refractivity contribution in [3.8, 4) is 0 Å². The number of carbonyl (C=O) groups is 2. The van der Waals surface area contributed by atoms with Crippen molar-refractivity contribution in [2.75, 3.05) is 0 Å². The Kier molecular flexibility index (Phi) is 12.5. The van der Waals surface area contributed by atoms with E-state index in [-0.39, 0.29) is 59.8 Å². The minimum absolute atomic E-state index is 0. The molecule has 4 N–H and O–H groups in total. The second-order valence-electron chi connectivity index (χ2n) is 1.57. The number of rotatable bonds is 3. The Morgan fingerprint density at radius 2 is 1.08 bits per heavy atom. The summed E-state index contributed by atoms with van der Waals surface area (Å²) in [5.41, 5.74) is 0. The van der Waals surface area contributed by atoms with Crippen LogP contribution in [0.2, 0.25) is 0 Å². The van der Waals surface area contributed by atoms with E-state index in [0.717, 1.165) is 0 Å². The van der Waals surface area contributed by atoms with Crippen LogP contribution in [0.4, 0.5) is 0 Å². The van der Waals surface area contributed by atoms with Crippen molar-refractivity contribution in [3.05, 3.63) is 0 Å². The van der Waals surface area contributed by atoms with Gasteiger partial charge in [-0.15, -0.1) is 0 Å². The Labute approximate surface area is 113 Å². The quantitative estimate of drug-likeness (QED) is 0.349. The minimum atomic E-state index is -2.27. The van der Waals surface area contributed by atoms with Crippen molar-refractivity contribution in [3.63, 3.8) is 0 Å². The first-order valence-corrected chi connectivity index (χ1v) is 2.28. The number of aliphatic carboxylic acids is 2. The zero-order valence-electron chi connectivity index (χ0n) is 4.76. The molecule has 0 saturated heterocycles. The molecule has 0 fully saturated rings. The van der Waals surface area contributed by atoms with E-state index in [1.54, 1.807) is 0 Å². The van der Waals surface area contributed by atoms with Crippen molar-refractivity contribution in [1.82, 2.24) is 0 Å². The number of hydrogen-bond acceptors (Lipinski definition) is 4. The van der Waals surface area contributed by atoms with E-state index in [4.69, 9.17) is 20.4 Å². The third-order valence-corrected chi connectivity index (χ3v) is 0.805. The standard InChI is InChI=1S/C4H6O6.BH3.K.H/c5-1(3(7)8)2(6)4(9)10;;;/h1-2,5-6H,(H,7,8)(H,9,10);1H3;;. The van der Waals surface area contributed by atoms with Crippen LogP contribution in [-0.4, -0.2) is 104 Å². The Morgan fingerprint density at radius 3 is 1.17 bits per heavy atom. The molecule has 2 unspecified atom stereocenters. The van der Waals surface area contributed by atoms with Gasteiger partial charge in [0.1, 0.15) is 0 Å². The fourth-order valence-corrected chi connectivity index (χ4v) is 0.270. The van der Waals surface area contributed by atoms with Crippen LogP contribution in [0.25, 0.3) is 0 Å². The fourth-order valence-electron chi connectivity index (χ4n) is 0.270. The fraction of sp³-hybridized carbons (Fsp3) is 0.500. The molecular weight excluding hydrogens is 194 g/mol. The van der Waals surface area contributed by atoms with Gasteiger partial charge in [0.2, 0.25) is 0 Å². The number of hydrogen-bond donors (Lipinski definition) is 4. The van der Waals surface area contributed by atoms with Gasteiger partial charge >= 0.3 is 63.3 Å². The van der Waals surface area contributed by atoms with Gasteiger partial charge in [-0.05, 0) is 0 Å². The van der Waals surface area contributed by atoms with Gasteiger partial charge < -0.3 is 20.4 Å². The molecule has 0 aliphatic heterocycles. The predicted octanol–water partition coefficient (Wildman–Crippen LogP) is -3.96. The molecule has 8 heteroatoms. The van der Waals surface area contributed by atoms with Gasteiger partial charge in [0, 0.05) is 0 Å². The van der Waals surface area contributed by atoms with Crippen molar-refractivity contribution < 1.29 is 30.0 Å². The SMILES string of the molecule is B.O=C(O)C(O)C(O)C(=O)O.[KH]. The maximum absolute atomic E-state index is 9.77. The molecule has 0 rings (SSSR count). The molecule has 0 radical (unpaired) electrons. The first kappa shape index (κ1) is 18.4. The molecule has 0 aliphatic carbocycles. The summed E-state index contributed by atoms with van der Waals surface area (Å²) in [5, 5.41) is 32.5. The Morgan fingerprint density at radius 1 is 0.917 bits per heavy atom. The number of carboxylic acids is 2. The average molecular weight is 204 g/mol. The summed E-state index contributed by atoms with van der Waals surface area (Å²) in [7, 11) is 0. The first-order chi connectivity index (χ1) is 4.46. The van der Waals surface area contributed by atoms with Gasteiger partial charge in [0.25, 0.3) is 0 Å². The van der Waals surface area contributed by atoms with Crippen LogP contribution in [0, 0.1) is 0 Å². The molecule has 12 heavy (non-hydrogen) atoms. The molecule has 0 aromatic rings. The van der Waals surface area contributed by atoms with Crippen LogP contribution in [-0.2, 0) is 9.59 Å². The molecule has 6 nitrogen and oxygen atoms in total. The van der Waals surface area contributed by atoms with Gasteiger partial charge in [-0.2, -0.15) is 0 Å². The monoisotopic (exact) mass is 204 g/mol. The summed E-state index contributed by atoms with van der Waals surface area (Å²) in [4.78, 5) is 19.5. The van der Waals surface area contributed by atoms with Gasteiger partial charge in [0.15, 0.2) is 12.2 Å². The third kappa shape index (κ3) is 6.12. The van der Waals surface area contributed by atoms with Crippen LogP contribution in [0.15, 0.2) is 0 Å². The number of aliphatic hydroxyl groups is 2. The third-order valence-electron chi connectivity index (χ3n) is 0.805. The van der Waals surface area contributed by atoms with Crippen LogP contribution >= 0.6 is 0 Å². The van der Waals surface area contributed by atoms with E-state index in [0.29, 0.717) is 0 Å². The van der Waals surface area contributed by atoms with E-state index in [9.17, 15) is 9.59 Å². The summed E-state index contributed by atoms with van der Waals surface area (Å²) >= 11 is 0. The summed E-state index contributed by atoms with van der Waals surface area (Å²) in [6, 6.07) is 0. The molecule has 0 bridgehead atoms. The predicted molar refractivity (Wildman–Crippen MR) is 44.4 cm³/mol. The van der Waals surface area contributed by atoms with Gasteiger partial charge in [-0.1, -0.05) is 0 Å². The van der Waals surface area contributed by atoms with Crippen molar-refractivity contribution in [2.24, 2.45) is 0 Å². The van der Waals surface area contributed by atoms with Gasteiger partial charge in [0.05, 0.1) is 8.41 Å². The van der Waals surface area contributed by atoms with E-state index in [1.807, 2.05) is 0 Å². The summed E-state index contributed by atoms with van der Waals surface area (Å²) in [6.45, 7) is 0. The first-order valence-electron chi connectivity index (χ1n) is 2.28. The van der Waals surface area contributed by atoms with Crippen LogP contribution in [0.3, 0.4) is 0 Å². The Balaban J connectivity index is -0.000000405. The van der Waals surface area contributed by atoms with Crippen LogP contribution in [0.1, 0.15) is 0 Å². The van der Waals surface area contributed by atoms with E-state index in [1.165, 1.54) is 0 Å². The van der Waals surface area contributed by atoms with Gasteiger partial charge in [-0.25, -0.2) is 9.59 Å². The van der Waals surface area contributed by atoms with Crippen LogP contribution < -0.4 is 0 Å². The van der Waals surface area contributed by atoms with Crippen molar-refractivity contribution >= 4 is 71.7 Å². The molecular formula is C4H10BKO6. The molecule has 0 saturated carbocycles. The summed E-state index contributed by atoms with van der Waals surface area (Å²) in [5.74, 6) is -3.54. The van der Waals surface area contributed by atoms with Crippen molar-refractivity contribution in [1.29, 1.82) is 0 Å².